The third kappa shape index (κ3) is 5.71. The van der Waals surface area contributed by atoms with Crippen LogP contribution in [0.1, 0.15) is 0 Å². The molecule has 0 saturated heterocycles. The molecule has 0 unspecified atom stereocenters. The van der Waals surface area contributed by atoms with Crippen LogP contribution in [0.2, 0.25) is 0 Å². The Labute approximate surface area is 71.6 Å². The van der Waals surface area contributed by atoms with Crippen LogP contribution >= 0.6 is 0 Å². The summed E-state index contributed by atoms with van der Waals surface area (Å²) in [4.78, 5) is 13.0. The summed E-state index contributed by atoms with van der Waals surface area (Å²) in [5.74, 6) is -1.42. The molecule has 0 heterocycles. The lowest BCUT2D eigenvalue weighted by Gasteiger charge is -1.99. The number of hydrogen-bond donors (Lipinski definition) is 2. The number of rotatable bonds is 3. The molecule has 0 aliphatic heterocycles. The first-order valence-corrected chi connectivity index (χ1v) is 3.08. The summed E-state index contributed by atoms with van der Waals surface area (Å²) in [5, 5.41) is 8.28. The maximum atomic E-state index is 11.5. The zero-order valence-electron chi connectivity index (χ0n) is 6.38. The van der Waals surface area contributed by atoms with E-state index in [4.69, 9.17) is 10.8 Å². The Morgan fingerprint density at radius 2 is 2.08 bits per heavy atom. The molecule has 0 spiro atoms. The van der Waals surface area contributed by atoms with Gasteiger partial charge in [-0.05, 0) is 0 Å². The van der Waals surface area contributed by atoms with E-state index in [-0.39, 0.29) is 0 Å². The summed E-state index contributed by atoms with van der Waals surface area (Å²) in [5.41, 5.74) is 4.33. The van der Waals surface area contributed by atoms with E-state index in [1.54, 1.807) is 0 Å². The Bertz CT molecular complexity index is 245. The second-order valence-electron chi connectivity index (χ2n) is 2.01. The van der Waals surface area contributed by atoms with Crippen LogP contribution in [0.3, 0.4) is 0 Å². The van der Waals surface area contributed by atoms with E-state index in [9.17, 15) is 18.0 Å². The zero-order chi connectivity index (χ0) is 10.5. The van der Waals surface area contributed by atoms with E-state index in [0.717, 1.165) is 0 Å². The lowest BCUT2D eigenvalue weighted by atomic mass is 10.3. The average molecular weight is 196 g/mol. The van der Waals surface area contributed by atoms with Crippen LogP contribution in [0.4, 0.5) is 13.2 Å². The molecule has 0 fully saturated rings. The summed E-state index contributed by atoms with van der Waals surface area (Å²) < 4.78 is 34.5. The molecule has 13 heavy (non-hydrogen) atoms. The van der Waals surface area contributed by atoms with Gasteiger partial charge in [0.05, 0.1) is 5.57 Å². The number of nitrogens with zero attached hydrogens (tertiary/aromatic N) is 1. The fourth-order valence-corrected chi connectivity index (χ4v) is 0.417. The summed E-state index contributed by atoms with van der Waals surface area (Å²) in [6, 6.07) is 0. The van der Waals surface area contributed by atoms with Gasteiger partial charge < -0.3 is 10.8 Å². The van der Waals surface area contributed by atoms with Crippen LogP contribution in [0.5, 0.6) is 0 Å². The van der Waals surface area contributed by atoms with Gasteiger partial charge in [-0.1, -0.05) is 0 Å². The van der Waals surface area contributed by atoms with Crippen LogP contribution < -0.4 is 5.73 Å². The molecule has 74 valence electrons. The first-order chi connectivity index (χ1) is 5.87. The molecule has 0 aliphatic carbocycles. The van der Waals surface area contributed by atoms with Crippen LogP contribution in [0.15, 0.2) is 16.8 Å². The number of carbonyl (C=O) groups is 1. The van der Waals surface area contributed by atoms with Gasteiger partial charge in [0.25, 0.3) is 0 Å². The molecule has 0 bridgehead atoms. The number of halogens is 3. The summed E-state index contributed by atoms with van der Waals surface area (Å²) in [6.45, 7) is -1.42. The third-order valence-corrected chi connectivity index (χ3v) is 0.927. The molecule has 0 aromatic rings. The third-order valence-electron chi connectivity index (χ3n) is 0.927. The van der Waals surface area contributed by atoms with Gasteiger partial charge in [0.1, 0.15) is 6.54 Å². The van der Waals surface area contributed by atoms with Gasteiger partial charge >= 0.3 is 12.1 Å². The van der Waals surface area contributed by atoms with E-state index in [1.165, 1.54) is 0 Å². The molecular weight excluding hydrogens is 189 g/mol. The van der Waals surface area contributed by atoms with Crippen molar-refractivity contribution in [3.8, 4) is 0 Å². The SMILES string of the molecule is NC=C(C=NCC(F)(F)F)C(=O)O. The number of nitrogens with two attached hydrogens (primary N) is 1. The topological polar surface area (TPSA) is 75.7 Å². The van der Waals surface area contributed by atoms with Gasteiger partial charge in [-0.25, -0.2) is 4.79 Å². The smallest absolute Gasteiger partial charge is 0.407 e. The van der Waals surface area contributed by atoms with Crippen molar-refractivity contribution in [2.45, 2.75) is 6.18 Å². The monoisotopic (exact) mass is 196 g/mol. The highest BCUT2D eigenvalue weighted by Crippen LogP contribution is 2.14. The second-order valence-corrected chi connectivity index (χ2v) is 2.01. The van der Waals surface area contributed by atoms with E-state index in [1.807, 2.05) is 0 Å². The highest BCUT2D eigenvalue weighted by molar-refractivity contribution is 6.08. The van der Waals surface area contributed by atoms with E-state index in [0.29, 0.717) is 12.4 Å². The van der Waals surface area contributed by atoms with Gasteiger partial charge in [0.2, 0.25) is 0 Å². The molecule has 0 atom stereocenters. The molecule has 0 aromatic heterocycles. The maximum absolute atomic E-state index is 11.5. The van der Waals surface area contributed by atoms with Crippen LogP contribution in [-0.4, -0.2) is 30.0 Å². The van der Waals surface area contributed by atoms with Crippen molar-refractivity contribution in [1.29, 1.82) is 0 Å². The minimum Gasteiger partial charge on any atom is -0.478 e. The maximum Gasteiger partial charge on any atom is 0.407 e. The first-order valence-electron chi connectivity index (χ1n) is 3.08. The quantitative estimate of drug-likeness (QED) is 0.511. The van der Waals surface area contributed by atoms with Crippen molar-refractivity contribution in [2.75, 3.05) is 6.54 Å². The van der Waals surface area contributed by atoms with Gasteiger partial charge in [-0.3, -0.25) is 4.99 Å². The van der Waals surface area contributed by atoms with Gasteiger partial charge in [0.15, 0.2) is 0 Å². The number of carboxylic acids is 1. The van der Waals surface area contributed by atoms with Gasteiger partial charge in [-0.15, -0.1) is 0 Å². The highest BCUT2D eigenvalue weighted by Gasteiger charge is 2.25. The molecule has 0 saturated carbocycles. The summed E-state index contributed by atoms with van der Waals surface area (Å²) in [6.07, 6.45) is -3.20. The normalized spacial score (nSPS) is 13.6. The number of alkyl halides is 3. The molecule has 0 amide bonds. The lowest BCUT2D eigenvalue weighted by molar-refractivity contribution is -0.132. The van der Waals surface area contributed by atoms with E-state index >= 15 is 0 Å². The second kappa shape index (κ2) is 4.48. The molecule has 4 nitrogen and oxygen atoms in total. The van der Waals surface area contributed by atoms with Crippen molar-refractivity contribution in [2.24, 2.45) is 10.7 Å². The minimum absolute atomic E-state index is 0.482. The molecule has 0 aliphatic rings. The molecular formula is C6H7F3N2O2. The Morgan fingerprint density at radius 3 is 2.38 bits per heavy atom. The molecule has 7 heteroatoms. The fourth-order valence-electron chi connectivity index (χ4n) is 0.417. The predicted molar refractivity (Wildman–Crippen MR) is 39.3 cm³/mol. The van der Waals surface area contributed by atoms with Gasteiger partial charge in [-0.2, -0.15) is 13.2 Å². The average Bonchev–Trinajstić information content (AvgIpc) is 1.95. The van der Waals surface area contributed by atoms with E-state index < -0.39 is 24.3 Å². The van der Waals surface area contributed by atoms with Crippen LogP contribution in [0.25, 0.3) is 0 Å². The number of aliphatic imine (C=N–C) groups is 1. The molecule has 0 rings (SSSR count). The molecule has 0 aromatic carbocycles. The molecule has 3 N–H and O–H groups in total. The highest BCUT2D eigenvalue weighted by atomic mass is 19.4. The lowest BCUT2D eigenvalue weighted by Crippen LogP contribution is -2.13. The largest absolute Gasteiger partial charge is 0.478 e. The van der Waals surface area contributed by atoms with Crippen LogP contribution in [-0.2, 0) is 4.79 Å². The Kier molecular flexibility index (Phi) is 3.96. The summed E-state index contributed by atoms with van der Waals surface area (Å²) >= 11 is 0. The van der Waals surface area contributed by atoms with Crippen molar-refractivity contribution < 1.29 is 23.1 Å². The summed E-state index contributed by atoms with van der Waals surface area (Å²) in [7, 11) is 0. The zero-order valence-corrected chi connectivity index (χ0v) is 6.38. The van der Waals surface area contributed by atoms with E-state index in [2.05, 4.69) is 4.99 Å². The molecule has 0 radical (unpaired) electrons. The van der Waals surface area contributed by atoms with Crippen molar-refractivity contribution in [3.05, 3.63) is 11.8 Å². The number of hydrogen-bond acceptors (Lipinski definition) is 3. The minimum atomic E-state index is -4.44. The number of carboxylic acid groups (broad SMARTS) is 1. The Hall–Kier alpha value is -1.53. The fraction of sp³-hybridized carbons (Fsp3) is 0.333. The van der Waals surface area contributed by atoms with Crippen molar-refractivity contribution >= 4 is 12.2 Å². The first kappa shape index (κ1) is 11.5. The van der Waals surface area contributed by atoms with Crippen LogP contribution in [0, 0.1) is 0 Å². The van der Waals surface area contributed by atoms with Gasteiger partial charge in [0, 0.05) is 12.4 Å². The predicted octanol–water partition coefficient (Wildman–Crippen LogP) is 0.547. The van der Waals surface area contributed by atoms with Crippen molar-refractivity contribution in [1.82, 2.24) is 0 Å². The van der Waals surface area contributed by atoms with Crippen molar-refractivity contribution in [3.63, 3.8) is 0 Å². The number of aliphatic carboxylic acids is 1. The Balaban J connectivity index is 4.20. The Morgan fingerprint density at radius 1 is 1.54 bits per heavy atom. The standard InChI is InChI=1S/C6H7F3N2O2/c7-6(8,9)3-11-2-4(1-10)5(12)13/h1-2H,3,10H2,(H,12,13).